The van der Waals surface area contributed by atoms with E-state index in [4.69, 9.17) is 0 Å². The largest absolute Gasteiger partial charge is 0.351 e. The first-order valence-corrected chi connectivity index (χ1v) is 8.20. The first-order valence-electron chi connectivity index (χ1n) is 8.20. The van der Waals surface area contributed by atoms with Crippen LogP contribution in [0.1, 0.15) is 39.7 Å². The summed E-state index contributed by atoms with van der Waals surface area (Å²) in [7, 11) is 1.84. The highest BCUT2D eigenvalue weighted by atomic mass is 16.2. The number of likely N-dealkylation sites (N-methyl/N-ethyl adjacent to an activating group) is 1. The Morgan fingerprint density at radius 1 is 1.04 bits per heavy atom. The van der Waals surface area contributed by atoms with E-state index < -0.39 is 0 Å². The Labute approximate surface area is 139 Å². The first-order chi connectivity index (χ1) is 10.7. The van der Waals surface area contributed by atoms with Gasteiger partial charge in [0.2, 0.25) is 0 Å². The predicted molar refractivity (Wildman–Crippen MR) is 93.7 cm³/mol. The highest BCUT2D eigenvalue weighted by molar-refractivity contribution is 5.91. The monoisotopic (exact) mass is 320 g/mol. The summed E-state index contributed by atoms with van der Waals surface area (Å²) in [5.74, 6) is -0.110. The Morgan fingerprint density at radius 2 is 1.61 bits per heavy atom. The van der Waals surface area contributed by atoms with Gasteiger partial charge in [-0.3, -0.25) is 9.59 Å². The van der Waals surface area contributed by atoms with Crippen LogP contribution < -0.4 is 15.5 Å². The topological polar surface area (TPSA) is 62.6 Å². The van der Waals surface area contributed by atoms with Gasteiger partial charge in [0.1, 0.15) is 0 Å². The van der Waals surface area contributed by atoms with E-state index in [0.717, 1.165) is 17.0 Å². The van der Waals surface area contributed by atoms with E-state index in [1.54, 1.807) is 0 Å². The molecular weight excluding hydrogens is 290 g/mol. The minimum absolute atomic E-state index is 0.0216. The molecule has 128 valence electrons. The second-order valence-corrected chi connectivity index (χ2v) is 7.04. The molecule has 1 atom stereocenters. The number of quaternary nitrogens is 1. The van der Waals surface area contributed by atoms with Crippen molar-refractivity contribution in [2.45, 2.75) is 39.5 Å². The molecule has 0 saturated heterocycles. The van der Waals surface area contributed by atoms with Crippen molar-refractivity contribution in [1.29, 1.82) is 0 Å². The lowest BCUT2D eigenvalue weighted by molar-refractivity contribution is -0.862. The second-order valence-electron chi connectivity index (χ2n) is 7.04. The molecule has 0 aromatic heterocycles. The van der Waals surface area contributed by atoms with Crippen LogP contribution in [0, 0.1) is 0 Å². The third-order valence-electron chi connectivity index (χ3n) is 3.53. The molecule has 3 N–H and O–H groups in total. The number of hydrogen-bond acceptors (Lipinski definition) is 2. The molecule has 0 saturated carbocycles. The van der Waals surface area contributed by atoms with E-state index in [0.29, 0.717) is 13.1 Å². The molecule has 1 aromatic rings. The SMILES string of the molecule is CCCNC(=O)C[NH+](C)CC(=O)Nc1ccc(C(C)(C)C)cc1. The zero-order valence-electron chi connectivity index (χ0n) is 15.0. The molecule has 0 bridgehead atoms. The summed E-state index contributed by atoms with van der Waals surface area (Å²) in [5, 5.41) is 5.69. The van der Waals surface area contributed by atoms with Crippen LogP contribution in [0.2, 0.25) is 0 Å². The van der Waals surface area contributed by atoms with Crippen LogP contribution in [0.15, 0.2) is 24.3 Å². The molecule has 1 rings (SSSR count). The molecule has 5 nitrogen and oxygen atoms in total. The van der Waals surface area contributed by atoms with Gasteiger partial charge in [-0.05, 0) is 29.5 Å². The van der Waals surface area contributed by atoms with Crippen LogP contribution >= 0.6 is 0 Å². The van der Waals surface area contributed by atoms with Crippen LogP contribution in [-0.4, -0.2) is 38.5 Å². The zero-order valence-corrected chi connectivity index (χ0v) is 15.0. The van der Waals surface area contributed by atoms with E-state index in [9.17, 15) is 9.59 Å². The van der Waals surface area contributed by atoms with Gasteiger partial charge in [-0.25, -0.2) is 0 Å². The van der Waals surface area contributed by atoms with Gasteiger partial charge in [-0.1, -0.05) is 39.8 Å². The molecular formula is C18H30N3O2+. The molecule has 1 aromatic carbocycles. The molecule has 2 amide bonds. The number of carbonyl (C=O) groups excluding carboxylic acids is 2. The fourth-order valence-corrected chi connectivity index (χ4v) is 2.20. The summed E-state index contributed by atoms with van der Waals surface area (Å²) >= 11 is 0. The summed E-state index contributed by atoms with van der Waals surface area (Å²) < 4.78 is 0. The van der Waals surface area contributed by atoms with Crippen molar-refractivity contribution in [3.63, 3.8) is 0 Å². The van der Waals surface area contributed by atoms with E-state index in [2.05, 4.69) is 31.4 Å². The number of anilines is 1. The maximum atomic E-state index is 12.0. The number of rotatable bonds is 7. The third-order valence-corrected chi connectivity index (χ3v) is 3.53. The van der Waals surface area contributed by atoms with Gasteiger partial charge < -0.3 is 15.5 Å². The van der Waals surface area contributed by atoms with Crippen LogP contribution in [0.25, 0.3) is 0 Å². The lowest BCUT2D eigenvalue weighted by atomic mass is 9.87. The lowest BCUT2D eigenvalue weighted by Gasteiger charge is -2.19. The zero-order chi connectivity index (χ0) is 17.5. The first kappa shape index (κ1) is 19.2. The van der Waals surface area contributed by atoms with Crippen LogP contribution in [0.5, 0.6) is 0 Å². The Bertz CT molecular complexity index is 518. The number of hydrogen-bond donors (Lipinski definition) is 3. The smallest absolute Gasteiger partial charge is 0.279 e. The van der Waals surface area contributed by atoms with Crippen molar-refractivity contribution in [2.24, 2.45) is 0 Å². The number of carbonyl (C=O) groups is 2. The van der Waals surface area contributed by atoms with Crippen LogP contribution in [-0.2, 0) is 15.0 Å². The average molecular weight is 320 g/mol. The molecule has 0 spiro atoms. The van der Waals surface area contributed by atoms with Crippen LogP contribution in [0.3, 0.4) is 0 Å². The molecule has 5 heteroatoms. The van der Waals surface area contributed by atoms with Crippen LogP contribution in [0.4, 0.5) is 5.69 Å². The van der Waals surface area contributed by atoms with E-state index >= 15 is 0 Å². The second kappa shape index (κ2) is 8.67. The third kappa shape index (κ3) is 7.28. The summed E-state index contributed by atoms with van der Waals surface area (Å²) in [6, 6.07) is 7.90. The molecule has 23 heavy (non-hydrogen) atoms. The summed E-state index contributed by atoms with van der Waals surface area (Å²) in [5.41, 5.74) is 2.11. The van der Waals surface area contributed by atoms with Crippen molar-refractivity contribution in [3.8, 4) is 0 Å². The molecule has 0 aliphatic heterocycles. The minimum atomic E-state index is -0.0886. The highest BCUT2D eigenvalue weighted by Crippen LogP contribution is 2.23. The van der Waals surface area contributed by atoms with E-state index in [1.807, 2.05) is 38.2 Å². The highest BCUT2D eigenvalue weighted by Gasteiger charge is 2.15. The standard InChI is InChI=1S/C18H29N3O2/c1-6-11-19-16(22)12-21(5)13-17(23)20-15-9-7-14(8-10-15)18(2,3)4/h7-10H,6,11-13H2,1-5H3,(H,19,22)(H,20,23)/p+1. The molecule has 0 fully saturated rings. The Hall–Kier alpha value is -1.88. The molecule has 1 unspecified atom stereocenters. The van der Waals surface area contributed by atoms with E-state index in [-0.39, 0.29) is 23.8 Å². The summed E-state index contributed by atoms with van der Waals surface area (Å²) in [4.78, 5) is 24.5. The Morgan fingerprint density at radius 3 is 2.13 bits per heavy atom. The van der Waals surface area contributed by atoms with Crippen molar-refractivity contribution < 1.29 is 14.5 Å². The maximum Gasteiger partial charge on any atom is 0.279 e. The Balaban J connectivity index is 2.45. The van der Waals surface area contributed by atoms with Gasteiger partial charge in [0.25, 0.3) is 11.8 Å². The quantitative estimate of drug-likeness (QED) is 0.701. The van der Waals surface area contributed by atoms with Crippen molar-refractivity contribution in [1.82, 2.24) is 5.32 Å². The normalized spacial score (nSPS) is 12.6. The van der Waals surface area contributed by atoms with Crippen molar-refractivity contribution >= 4 is 17.5 Å². The van der Waals surface area contributed by atoms with Gasteiger partial charge in [0.15, 0.2) is 13.1 Å². The lowest BCUT2D eigenvalue weighted by Crippen LogP contribution is -3.11. The maximum absolute atomic E-state index is 12.0. The van der Waals surface area contributed by atoms with Gasteiger partial charge in [0.05, 0.1) is 7.05 Å². The van der Waals surface area contributed by atoms with Crippen molar-refractivity contribution in [2.75, 3.05) is 32.0 Å². The van der Waals surface area contributed by atoms with E-state index in [1.165, 1.54) is 5.56 Å². The fourth-order valence-electron chi connectivity index (χ4n) is 2.20. The molecule has 0 aliphatic carbocycles. The summed E-state index contributed by atoms with van der Waals surface area (Å²) in [6.07, 6.45) is 0.913. The summed E-state index contributed by atoms with van der Waals surface area (Å²) in [6.45, 7) is 9.72. The van der Waals surface area contributed by atoms with Crippen molar-refractivity contribution in [3.05, 3.63) is 29.8 Å². The fraction of sp³-hybridized carbons (Fsp3) is 0.556. The average Bonchev–Trinajstić information content (AvgIpc) is 2.44. The molecule has 0 radical (unpaired) electrons. The van der Waals surface area contributed by atoms with Gasteiger partial charge in [-0.2, -0.15) is 0 Å². The number of benzene rings is 1. The number of nitrogens with one attached hydrogen (secondary N) is 3. The van der Waals surface area contributed by atoms with Gasteiger partial charge >= 0.3 is 0 Å². The number of amides is 2. The minimum Gasteiger partial charge on any atom is -0.351 e. The Kier molecular flexibility index (Phi) is 7.23. The molecule has 0 heterocycles. The predicted octanol–water partition coefficient (Wildman–Crippen LogP) is 0.964. The molecule has 0 aliphatic rings. The van der Waals surface area contributed by atoms with Gasteiger partial charge in [0, 0.05) is 12.2 Å². The van der Waals surface area contributed by atoms with Gasteiger partial charge in [-0.15, -0.1) is 0 Å².